The maximum atomic E-state index is 13.2. The van der Waals surface area contributed by atoms with Crippen LogP contribution in [0.25, 0.3) is 0 Å². The second-order valence-electron chi connectivity index (χ2n) is 9.73. The van der Waals surface area contributed by atoms with Crippen LogP contribution in [0.3, 0.4) is 0 Å². The lowest BCUT2D eigenvalue weighted by molar-refractivity contribution is 0.00952. The molecule has 1 amide bonds. The van der Waals surface area contributed by atoms with Gasteiger partial charge in [-0.1, -0.05) is 30.3 Å². The summed E-state index contributed by atoms with van der Waals surface area (Å²) in [6.07, 6.45) is 5.48. The van der Waals surface area contributed by atoms with Crippen molar-refractivity contribution in [2.24, 2.45) is 0 Å². The van der Waals surface area contributed by atoms with E-state index >= 15 is 0 Å². The molecule has 208 valence electrons. The van der Waals surface area contributed by atoms with E-state index in [2.05, 4.69) is 35.9 Å². The number of nitrogens with one attached hydrogen (secondary N) is 3. The van der Waals surface area contributed by atoms with E-state index in [1.807, 2.05) is 30.3 Å². The summed E-state index contributed by atoms with van der Waals surface area (Å²) in [5.74, 6) is -1.11. The van der Waals surface area contributed by atoms with Crippen LogP contribution in [0.15, 0.2) is 73.3 Å². The molecule has 41 heavy (non-hydrogen) atoms. The highest BCUT2D eigenvalue weighted by atomic mass is 16.6. The number of aliphatic hydroxyl groups is 1. The average molecular weight is 554 g/mol. The van der Waals surface area contributed by atoms with Crippen LogP contribution < -0.4 is 16.0 Å². The van der Waals surface area contributed by atoms with E-state index in [-0.39, 0.29) is 42.1 Å². The van der Waals surface area contributed by atoms with Crippen molar-refractivity contribution in [3.63, 3.8) is 0 Å². The molecule has 0 saturated heterocycles. The van der Waals surface area contributed by atoms with Gasteiger partial charge in [0.1, 0.15) is 22.7 Å². The molecule has 0 bridgehead atoms. The number of carbonyl (C=O) groups excluding carboxylic acids is 3. The van der Waals surface area contributed by atoms with Crippen LogP contribution >= 0.6 is 0 Å². The van der Waals surface area contributed by atoms with E-state index in [1.165, 1.54) is 24.8 Å². The Morgan fingerprint density at radius 3 is 2.59 bits per heavy atom. The first-order chi connectivity index (χ1) is 19.7. The number of amides is 1. The summed E-state index contributed by atoms with van der Waals surface area (Å²) in [6.45, 7) is 3.02. The summed E-state index contributed by atoms with van der Waals surface area (Å²) < 4.78 is 5.44. The summed E-state index contributed by atoms with van der Waals surface area (Å²) in [6, 6.07) is 13.8. The number of carbonyl (C=O) groups is 3. The number of aliphatic hydroxyl groups excluding tert-OH is 1. The topological polar surface area (TPSA) is 168 Å². The minimum absolute atomic E-state index is 0.0611. The fourth-order valence-electron chi connectivity index (χ4n) is 4.36. The van der Waals surface area contributed by atoms with Gasteiger partial charge in [0, 0.05) is 29.8 Å². The van der Waals surface area contributed by atoms with Crippen molar-refractivity contribution in [1.82, 2.24) is 25.3 Å². The normalized spacial score (nSPS) is 14.0. The zero-order valence-electron chi connectivity index (χ0n) is 22.3. The molecule has 0 spiro atoms. The minimum Gasteiger partial charge on any atom is -0.451 e. The lowest BCUT2D eigenvalue weighted by Crippen LogP contribution is -2.31. The molecule has 0 saturated carbocycles. The van der Waals surface area contributed by atoms with E-state index in [0.717, 1.165) is 11.1 Å². The monoisotopic (exact) mass is 553 g/mol. The highest BCUT2D eigenvalue weighted by Gasteiger charge is 2.37. The predicted molar refractivity (Wildman–Crippen MR) is 149 cm³/mol. The van der Waals surface area contributed by atoms with Crippen LogP contribution in [0.1, 0.15) is 62.2 Å². The van der Waals surface area contributed by atoms with Gasteiger partial charge < -0.3 is 25.8 Å². The van der Waals surface area contributed by atoms with Crippen LogP contribution in [0.4, 0.5) is 17.5 Å². The van der Waals surface area contributed by atoms with Gasteiger partial charge in [0.2, 0.25) is 11.7 Å². The molecule has 12 nitrogen and oxygen atoms in total. The van der Waals surface area contributed by atoms with Crippen molar-refractivity contribution in [2.45, 2.75) is 25.5 Å². The van der Waals surface area contributed by atoms with E-state index in [0.29, 0.717) is 11.3 Å². The fraction of sp³-hybridized carbons (Fsp3) is 0.207. The molecule has 1 aliphatic rings. The molecule has 4 N–H and O–H groups in total. The predicted octanol–water partition coefficient (Wildman–Crippen LogP) is 3.17. The van der Waals surface area contributed by atoms with Gasteiger partial charge in [-0.05, 0) is 37.6 Å². The largest absolute Gasteiger partial charge is 0.451 e. The quantitative estimate of drug-likeness (QED) is 0.168. The summed E-state index contributed by atoms with van der Waals surface area (Å²) in [4.78, 5) is 54.4. The molecule has 0 aliphatic carbocycles. The number of hydrogen-bond acceptors (Lipinski definition) is 11. The lowest BCUT2D eigenvalue weighted by Gasteiger charge is -2.20. The van der Waals surface area contributed by atoms with E-state index in [9.17, 15) is 19.5 Å². The number of Topliss-reactive ketones (excluding diaryl/α,β-unsaturated/α-hetero) is 1. The van der Waals surface area contributed by atoms with Crippen LogP contribution in [0.2, 0.25) is 0 Å². The Hall–Kier alpha value is -5.23. The molecule has 2 aromatic heterocycles. The van der Waals surface area contributed by atoms with Gasteiger partial charge in [0.05, 0.1) is 31.0 Å². The number of benzene rings is 2. The smallest absolute Gasteiger partial charge is 0.339 e. The maximum absolute atomic E-state index is 13.2. The minimum atomic E-state index is -0.785. The Labute approximate surface area is 235 Å². The number of esters is 1. The summed E-state index contributed by atoms with van der Waals surface area (Å²) >= 11 is 0. The fourth-order valence-corrected chi connectivity index (χ4v) is 4.36. The summed E-state index contributed by atoms with van der Waals surface area (Å²) in [5, 5.41) is 18.9. The molecule has 0 radical (unpaired) electrons. The van der Waals surface area contributed by atoms with Crippen LogP contribution in [0, 0.1) is 0 Å². The van der Waals surface area contributed by atoms with Crippen molar-refractivity contribution in [1.29, 1.82) is 0 Å². The highest BCUT2D eigenvalue weighted by molar-refractivity contribution is 6.03. The SMILES string of the molecule is CC1(C)OC(=O)c2ccc(Nc3ncc(C(=O)NCC(=O)c4cnccn4)c(N[C@H](CO)c4ccccc4)n3)cc21. The van der Waals surface area contributed by atoms with Gasteiger partial charge in [-0.3, -0.25) is 14.6 Å². The van der Waals surface area contributed by atoms with E-state index < -0.39 is 23.3 Å². The summed E-state index contributed by atoms with van der Waals surface area (Å²) in [5.41, 5.74) is 1.99. The van der Waals surface area contributed by atoms with Gasteiger partial charge >= 0.3 is 5.97 Å². The van der Waals surface area contributed by atoms with Crippen LogP contribution in [-0.2, 0) is 10.3 Å². The van der Waals surface area contributed by atoms with Crippen molar-refractivity contribution >= 4 is 35.1 Å². The Morgan fingerprint density at radius 1 is 1.05 bits per heavy atom. The van der Waals surface area contributed by atoms with Gasteiger partial charge in [-0.25, -0.2) is 14.8 Å². The number of hydrogen-bond donors (Lipinski definition) is 4. The number of ketones is 1. The zero-order valence-corrected chi connectivity index (χ0v) is 22.3. The van der Waals surface area contributed by atoms with Gasteiger partial charge in [0.25, 0.3) is 5.91 Å². The van der Waals surface area contributed by atoms with Crippen LogP contribution in [-0.4, -0.2) is 55.9 Å². The Kier molecular flexibility index (Phi) is 7.66. The third kappa shape index (κ3) is 6.02. The Balaban J connectivity index is 1.42. The Morgan fingerprint density at radius 2 is 1.85 bits per heavy atom. The number of anilines is 3. The molecule has 0 unspecified atom stereocenters. The zero-order chi connectivity index (χ0) is 29.0. The van der Waals surface area contributed by atoms with Crippen LogP contribution in [0.5, 0.6) is 0 Å². The standard InChI is InChI=1S/C29H27N7O5/c1-29(2)21-12-18(8-9-19(21)27(40)41-29)34-28-33-13-20(26(39)32-15-24(38)22-14-30-10-11-31-22)25(36-28)35-23(16-37)17-6-4-3-5-7-17/h3-14,23,37H,15-16H2,1-2H3,(H,32,39)(H2,33,34,35,36)/t23-/m1/s1. The van der Waals surface area contributed by atoms with Crippen molar-refractivity contribution in [2.75, 3.05) is 23.8 Å². The van der Waals surface area contributed by atoms with Gasteiger partial charge in [-0.2, -0.15) is 4.98 Å². The first-order valence-electron chi connectivity index (χ1n) is 12.8. The number of nitrogens with zero attached hydrogens (tertiary/aromatic N) is 4. The highest BCUT2D eigenvalue weighted by Crippen LogP contribution is 2.37. The number of rotatable bonds is 10. The third-order valence-electron chi connectivity index (χ3n) is 6.48. The van der Waals surface area contributed by atoms with Crippen molar-refractivity contribution < 1.29 is 24.2 Å². The van der Waals surface area contributed by atoms with Gasteiger partial charge in [-0.15, -0.1) is 0 Å². The average Bonchev–Trinajstić information content (AvgIpc) is 3.22. The lowest BCUT2D eigenvalue weighted by atomic mass is 9.95. The molecule has 12 heteroatoms. The van der Waals surface area contributed by atoms with Crippen molar-refractivity contribution in [3.8, 4) is 0 Å². The third-order valence-corrected chi connectivity index (χ3v) is 6.48. The first-order valence-corrected chi connectivity index (χ1v) is 12.8. The Bertz CT molecular complexity index is 1600. The molecular weight excluding hydrogens is 526 g/mol. The number of ether oxygens (including phenoxy) is 1. The molecule has 2 aromatic carbocycles. The molecular formula is C29H27N7O5. The number of cyclic esters (lactones) is 1. The molecule has 1 aliphatic heterocycles. The summed E-state index contributed by atoms with van der Waals surface area (Å²) in [7, 11) is 0. The molecule has 3 heterocycles. The second kappa shape index (κ2) is 11.5. The molecule has 4 aromatic rings. The number of aromatic nitrogens is 4. The first kappa shape index (κ1) is 27.3. The second-order valence-corrected chi connectivity index (χ2v) is 9.73. The molecule has 1 atom stereocenters. The van der Waals surface area contributed by atoms with E-state index in [1.54, 1.807) is 32.0 Å². The maximum Gasteiger partial charge on any atom is 0.339 e. The van der Waals surface area contributed by atoms with E-state index in [4.69, 9.17) is 4.74 Å². The molecule has 0 fully saturated rings. The molecule has 5 rings (SSSR count). The van der Waals surface area contributed by atoms with Crippen molar-refractivity contribution in [3.05, 3.63) is 101 Å². The number of fused-ring (bicyclic) bond motifs is 1. The van der Waals surface area contributed by atoms with Gasteiger partial charge in [0.15, 0.2) is 0 Å².